The molecule has 0 radical (unpaired) electrons. The number of carbonyl (C=O) groups is 3. The van der Waals surface area contributed by atoms with Crippen LogP contribution in [0.1, 0.15) is 284 Å². The molecule has 0 rings (SSSR count). The van der Waals surface area contributed by atoms with Gasteiger partial charge in [0, 0.05) is 12.8 Å². The number of quaternary nitrogens is 1. The molecule has 456 valence electrons. The van der Waals surface area contributed by atoms with Gasteiger partial charge >= 0.3 is 17.9 Å². The number of aliphatic carboxylic acids is 1. The molecule has 79 heavy (non-hydrogen) atoms. The largest absolute Gasteiger partial charge is 0.477 e. The van der Waals surface area contributed by atoms with E-state index in [2.05, 4.69) is 98.9 Å². The van der Waals surface area contributed by atoms with Crippen molar-refractivity contribution in [2.45, 2.75) is 296 Å². The van der Waals surface area contributed by atoms with Gasteiger partial charge in [0.25, 0.3) is 6.29 Å². The van der Waals surface area contributed by atoms with Crippen molar-refractivity contribution in [2.75, 3.05) is 47.5 Å². The van der Waals surface area contributed by atoms with E-state index in [-0.39, 0.29) is 32.2 Å². The number of carbonyl (C=O) groups excluding carboxylic acids is 2. The fourth-order valence-electron chi connectivity index (χ4n) is 9.13. The highest BCUT2D eigenvalue weighted by Crippen LogP contribution is 2.17. The van der Waals surface area contributed by atoms with Gasteiger partial charge in [0.1, 0.15) is 13.2 Å². The number of rotatable bonds is 60. The molecule has 0 spiro atoms. The Balaban J connectivity index is 4.14. The quantitative estimate of drug-likeness (QED) is 0.0211. The summed E-state index contributed by atoms with van der Waals surface area (Å²) in [6.45, 7) is 4.76. The first-order valence-electron chi connectivity index (χ1n) is 32.8. The molecule has 0 bridgehead atoms. The molecule has 9 heteroatoms. The fourth-order valence-corrected chi connectivity index (χ4v) is 9.13. The van der Waals surface area contributed by atoms with Crippen molar-refractivity contribution < 1.29 is 42.9 Å². The molecule has 0 aromatic heterocycles. The number of allylic oxidation sites excluding steroid dienone is 14. The van der Waals surface area contributed by atoms with Crippen LogP contribution in [0.4, 0.5) is 0 Å². The van der Waals surface area contributed by atoms with Gasteiger partial charge < -0.3 is 28.5 Å². The first-order chi connectivity index (χ1) is 38.6. The van der Waals surface area contributed by atoms with Crippen molar-refractivity contribution in [2.24, 2.45) is 0 Å². The Kier molecular flexibility index (Phi) is 57.9. The van der Waals surface area contributed by atoms with Crippen molar-refractivity contribution in [1.29, 1.82) is 0 Å². The molecule has 0 amide bonds. The van der Waals surface area contributed by atoms with E-state index < -0.39 is 24.3 Å². The summed E-state index contributed by atoms with van der Waals surface area (Å²) in [5.41, 5.74) is 0. The number of ether oxygens (including phenoxy) is 4. The van der Waals surface area contributed by atoms with E-state index in [1.807, 2.05) is 21.1 Å². The van der Waals surface area contributed by atoms with E-state index in [0.717, 1.165) is 83.5 Å². The number of likely N-dealkylation sites (N-methyl/N-ethyl adjacent to an activating group) is 1. The average molecular weight is 1110 g/mol. The number of hydrogen-bond acceptors (Lipinski definition) is 7. The van der Waals surface area contributed by atoms with Gasteiger partial charge in [-0.15, -0.1) is 0 Å². The summed E-state index contributed by atoms with van der Waals surface area (Å²) in [6, 6.07) is 0. The van der Waals surface area contributed by atoms with E-state index in [9.17, 15) is 19.5 Å². The minimum absolute atomic E-state index is 0.183. The molecule has 0 aliphatic rings. The Morgan fingerprint density at radius 3 is 1.08 bits per heavy atom. The third-order valence-corrected chi connectivity index (χ3v) is 14.1. The molecule has 9 nitrogen and oxygen atoms in total. The Hall–Kier alpha value is -3.53. The summed E-state index contributed by atoms with van der Waals surface area (Å²) in [4.78, 5) is 37.5. The zero-order valence-corrected chi connectivity index (χ0v) is 52.0. The molecule has 1 N–H and O–H groups in total. The summed E-state index contributed by atoms with van der Waals surface area (Å²) in [7, 11) is 5.97. The highest BCUT2D eigenvalue weighted by Gasteiger charge is 2.25. The number of nitrogens with zero attached hydrogens (tertiary/aromatic N) is 1. The lowest BCUT2D eigenvalue weighted by Crippen LogP contribution is -2.40. The monoisotopic (exact) mass is 1110 g/mol. The van der Waals surface area contributed by atoms with Gasteiger partial charge in [0.05, 0.1) is 34.4 Å². The van der Waals surface area contributed by atoms with Crippen LogP contribution >= 0.6 is 0 Å². The second kappa shape index (κ2) is 60.6. The predicted molar refractivity (Wildman–Crippen MR) is 336 cm³/mol. The van der Waals surface area contributed by atoms with Gasteiger partial charge in [-0.2, -0.15) is 0 Å². The molecule has 0 aromatic carbocycles. The van der Waals surface area contributed by atoms with Crippen molar-refractivity contribution in [3.63, 3.8) is 0 Å². The number of unbranched alkanes of at least 4 members (excludes halogenated alkanes) is 31. The zero-order chi connectivity index (χ0) is 57.6. The van der Waals surface area contributed by atoms with Crippen LogP contribution in [-0.2, 0) is 33.3 Å². The van der Waals surface area contributed by atoms with Gasteiger partial charge in [-0.3, -0.25) is 9.59 Å². The number of hydrogen-bond donors (Lipinski definition) is 1. The first-order valence-corrected chi connectivity index (χ1v) is 32.8. The van der Waals surface area contributed by atoms with E-state index in [0.29, 0.717) is 23.9 Å². The summed E-state index contributed by atoms with van der Waals surface area (Å²) in [5.74, 6) is -2.01. The molecule has 0 aromatic rings. The Labute approximate surface area is 487 Å². The van der Waals surface area contributed by atoms with Crippen LogP contribution in [0.5, 0.6) is 0 Å². The fraction of sp³-hybridized carbons (Fsp3) is 0.757. The number of carboxylic acid groups (broad SMARTS) is 1. The molecule has 0 heterocycles. The molecule has 2 atom stereocenters. The minimum atomic E-state index is -1.52. The van der Waals surface area contributed by atoms with E-state index >= 15 is 0 Å². The summed E-state index contributed by atoms with van der Waals surface area (Å²) in [6.07, 6.45) is 78.2. The van der Waals surface area contributed by atoms with E-state index in [1.54, 1.807) is 0 Å². The Morgan fingerprint density at radius 1 is 0.392 bits per heavy atom. The Morgan fingerprint density at radius 2 is 0.722 bits per heavy atom. The van der Waals surface area contributed by atoms with Crippen LogP contribution in [0.15, 0.2) is 85.1 Å². The van der Waals surface area contributed by atoms with Crippen molar-refractivity contribution in [3.05, 3.63) is 85.1 Å². The lowest BCUT2D eigenvalue weighted by molar-refractivity contribution is -0.870. The Bertz CT molecular complexity index is 1570. The van der Waals surface area contributed by atoms with Crippen LogP contribution in [0.3, 0.4) is 0 Å². The van der Waals surface area contributed by atoms with Crippen LogP contribution in [0.25, 0.3) is 0 Å². The maximum absolute atomic E-state index is 12.9. The van der Waals surface area contributed by atoms with Crippen LogP contribution in [-0.4, -0.2) is 87.4 Å². The lowest BCUT2D eigenvalue weighted by atomic mass is 10.0. The summed E-state index contributed by atoms with van der Waals surface area (Å²) in [5, 5.41) is 9.73. The molecular formula is C70H124NO8+. The highest BCUT2D eigenvalue weighted by molar-refractivity contribution is 5.71. The normalized spacial score (nSPS) is 13.3. The lowest BCUT2D eigenvalue weighted by Gasteiger charge is -2.25. The van der Waals surface area contributed by atoms with Crippen molar-refractivity contribution in [1.82, 2.24) is 0 Å². The highest BCUT2D eigenvalue weighted by atomic mass is 16.7. The SMILES string of the molecule is CC/C=C\C/C=C\C/C=C\C/C=C\C/C=C\CCCCCCCCCC(=O)OC(COC(=O)CCCCCCCCCCCCCCCCCCCCC/C=C\C/C=C\CCCCCCC)COC(OCC[N+](C)(C)C)C(=O)O. The maximum Gasteiger partial charge on any atom is 0.361 e. The van der Waals surface area contributed by atoms with Crippen molar-refractivity contribution in [3.8, 4) is 0 Å². The second-order valence-corrected chi connectivity index (χ2v) is 23.0. The van der Waals surface area contributed by atoms with Crippen LogP contribution < -0.4 is 0 Å². The topological polar surface area (TPSA) is 108 Å². The van der Waals surface area contributed by atoms with E-state index in [4.69, 9.17) is 18.9 Å². The molecule has 0 saturated heterocycles. The molecule has 0 fully saturated rings. The first kappa shape index (κ1) is 75.5. The molecule has 0 saturated carbocycles. The van der Waals surface area contributed by atoms with Gasteiger partial charge in [0.2, 0.25) is 0 Å². The number of esters is 2. The van der Waals surface area contributed by atoms with Crippen LogP contribution in [0.2, 0.25) is 0 Å². The summed E-state index contributed by atoms with van der Waals surface area (Å²) >= 11 is 0. The van der Waals surface area contributed by atoms with Gasteiger partial charge in [-0.05, 0) is 89.9 Å². The van der Waals surface area contributed by atoms with Crippen molar-refractivity contribution >= 4 is 17.9 Å². The minimum Gasteiger partial charge on any atom is -0.477 e. The second-order valence-electron chi connectivity index (χ2n) is 23.0. The smallest absolute Gasteiger partial charge is 0.361 e. The molecule has 2 unspecified atom stereocenters. The molecule has 0 aliphatic carbocycles. The third-order valence-electron chi connectivity index (χ3n) is 14.1. The van der Waals surface area contributed by atoms with Gasteiger partial charge in [-0.1, -0.05) is 266 Å². The average Bonchev–Trinajstić information content (AvgIpc) is 3.42. The maximum atomic E-state index is 12.9. The van der Waals surface area contributed by atoms with Gasteiger partial charge in [0.15, 0.2) is 6.10 Å². The van der Waals surface area contributed by atoms with Gasteiger partial charge in [-0.25, -0.2) is 4.79 Å². The van der Waals surface area contributed by atoms with E-state index in [1.165, 1.54) is 167 Å². The predicted octanol–water partition coefficient (Wildman–Crippen LogP) is 19.9. The zero-order valence-electron chi connectivity index (χ0n) is 52.0. The standard InChI is InChI=1S/C70H123NO8/c1-6-8-10-12-14-16-18-20-22-24-26-28-30-31-32-33-34-35-36-37-39-40-42-44-46-48-50-52-54-56-58-60-67(72)77-64-66(65-78-70(69(74)75)76-63-62-71(3,4)5)79-68(73)61-59-57-55-53-51-49-47-45-43-41-38-29-27-25-23-21-19-17-15-13-11-9-7-2/h9,11,15,17-18,20-21,23-24,26-27,29,41,43,66,70H,6-8,10,12-14,16,19,22,25,28,30-40,42,44-65H2,1-5H3/p+1/b11-9-,17-15-,20-18-,23-21-,26-24-,29-27-,43-41-. The third kappa shape index (κ3) is 61.9. The number of carboxylic acids is 1. The summed E-state index contributed by atoms with van der Waals surface area (Å²) < 4.78 is 22.9. The molecular weight excluding hydrogens is 983 g/mol. The van der Waals surface area contributed by atoms with Crippen LogP contribution in [0, 0.1) is 0 Å². The molecule has 0 aliphatic heterocycles.